The molecular weight excluding hydrogens is 711 g/mol. The predicted octanol–water partition coefficient (Wildman–Crippen LogP) is 11.9. The maximum atomic E-state index is 13.4. The summed E-state index contributed by atoms with van der Waals surface area (Å²) in [6, 6.07) is 0. The summed E-state index contributed by atoms with van der Waals surface area (Å²) in [5.74, 6) is -0.403. The Morgan fingerprint density at radius 2 is 1.07 bits per heavy atom. The number of esters is 2. The summed E-state index contributed by atoms with van der Waals surface area (Å²) in [4.78, 5) is 46.0. The molecule has 8 heteroatoms. The first-order valence-electron chi connectivity index (χ1n) is 24.2. The van der Waals surface area contributed by atoms with Gasteiger partial charge in [0.2, 0.25) is 5.91 Å². The Balaban J connectivity index is 2.44. The van der Waals surface area contributed by atoms with Crippen molar-refractivity contribution in [3.8, 4) is 0 Å². The van der Waals surface area contributed by atoms with Crippen LogP contribution in [-0.4, -0.2) is 98.6 Å². The van der Waals surface area contributed by atoms with Gasteiger partial charge in [-0.25, -0.2) is 0 Å². The van der Waals surface area contributed by atoms with Gasteiger partial charge in [-0.15, -0.1) is 0 Å². The number of rotatable bonds is 39. The Bertz CT molecular complexity index is 993. The number of carbonyl (C=O) groups is 3. The van der Waals surface area contributed by atoms with Crippen LogP contribution in [0, 0.1) is 5.92 Å². The molecule has 1 aliphatic rings. The van der Waals surface area contributed by atoms with Gasteiger partial charge in [-0.2, -0.15) is 0 Å². The maximum absolute atomic E-state index is 13.4. The van der Waals surface area contributed by atoms with Crippen molar-refractivity contribution in [1.29, 1.82) is 0 Å². The minimum absolute atomic E-state index is 0.0641. The summed E-state index contributed by atoms with van der Waals surface area (Å²) in [5.41, 5.74) is 0. The lowest BCUT2D eigenvalue weighted by atomic mass is 9.94. The molecule has 0 aromatic carbocycles. The van der Waals surface area contributed by atoms with Gasteiger partial charge < -0.3 is 24.2 Å². The monoisotopic (exact) mass is 802 g/mol. The summed E-state index contributed by atoms with van der Waals surface area (Å²) in [5, 5.41) is 0. The van der Waals surface area contributed by atoms with E-state index in [1.54, 1.807) is 0 Å². The lowest BCUT2D eigenvalue weighted by molar-refractivity contribution is -0.156. The van der Waals surface area contributed by atoms with Gasteiger partial charge in [0.1, 0.15) is 13.2 Å². The van der Waals surface area contributed by atoms with Crippen molar-refractivity contribution in [1.82, 2.24) is 14.7 Å². The third-order valence-corrected chi connectivity index (χ3v) is 11.5. The van der Waals surface area contributed by atoms with E-state index in [0.717, 1.165) is 96.9 Å². The number of hydrogen-bond donors (Lipinski definition) is 0. The number of ether oxygens (including phenoxy) is 2. The molecule has 0 spiro atoms. The van der Waals surface area contributed by atoms with Crippen molar-refractivity contribution in [2.45, 2.75) is 201 Å². The first-order chi connectivity index (χ1) is 27.9. The Labute approximate surface area is 352 Å². The fraction of sp³-hybridized carbons (Fsp3) is 0.857. The van der Waals surface area contributed by atoms with Crippen molar-refractivity contribution >= 4 is 17.8 Å². The molecule has 0 atom stereocenters. The molecule has 1 saturated heterocycles. The molecule has 0 aromatic heterocycles. The lowest BCUT2D eigenvalue weighted by Gasteiger charge is -2.33. The minimum Gasteiger partial charge on any atom is -0.462 e. The van der Waals surface area contributed by atoms with Crippen molar-refractivity contribution in [2.24, 2.45) is 5.92 Å². The number of amides is 1. The molecule has 1 amide bonds. The smallest absolute Gasteiger partial charge is 0.309 e. The SMILES string of the molecule is CCCCC/C=C\C/C=C\CCCCCCCC(=O)N(CCCN1CCN(C)CC1)CCC(=O)OCCOC(=O)C(CCCCCCCC)CCCCCCCC. The average Bonchev–Trinajstić information content (AvgIpc) is 3.21. The molecule has 1 fully saturated rings. The number of unbranched alkanes of at least 4 members (excludes halogenated alkanes) is 18. The molecule has 1 heterocycles. The van der Waals surface area contributed by atoms with Gasteiger partial charge >= 0.3 is 11.9 Å². The molecule has 1 aliphatic heterocycles. The molecule has 57 heavy (non-hydrogen) atoms. The Kier molecular flexibility index (Phi) is 36.4. The largest absolute Gasteiger partial charge is 0.462 e. The Morgan fingerprint density at radius 3 is 1.68 bits per heavy atom. The average molecular weight is 802 g/mol. The fourth-order valence-corrected chi connectivity index (χ4v) is 7.60. The molecule has 332 valence electrons. The fourth-order valence-electron chi connectivity index (χ4n) is 7.60. The van der Waals surface area contributed by atoms with E-state index in [1.807, 2.05) is 4.90 Å². The highest BCUT2D eigenvalue weighted by molar-refractivity contribution is 5.77. The first-order valence-corrected chi connectivity index (χ1v) is 24.2. The number of nitrogens with zero attached hydrogens (tertiary/aromatic N) is 3. The minimum atomic E-state index is -0.337. The summed E-state index contributed by atoms with van der Waals surface area (Å²) in [6.07, 6.45) is 39.8. The third kappa shape index (κ3) is 32.4. The molecule has 1 rings (SSSR count). The van der Waals surface area contributed by atoms with E-state index < -0.39 is 0 Å². The Hall–Kier alpha value is -2.19. The van der Waals surface area contributed by atoms with Crippen LogP contribution in [0.25, 0.3) is 0 Å². The predicted molar refractivity (Wildman–Crippen MR) is 241 cm³/mol. The van der Waals surface area contributed by atoms with Gasteiger partial charge in [0.05, 0.1) is 12.3 Å². The van der Waals surface area contributed by atoms with E-state index in [-0.39, 0.29) is 43.4 Å². The Morgan fingerprint density at radius 1 is 0.561 bits per heavy atom. The number of carbonyl (C=O) groups excluding carboxylic acids is 3. The molecule has 0 saturated carbocycles. The molecule has 0 bridgehead atoms. The molecule has 0 aliphatic carbocycles. The number of piperazine rings is 1. The molecule has 0 unspecified atom stereocenters. The molecule has 0 radical (unpaired) electrons. The van der Waals surface area contributed by atoms with E-state index in [1.165, 1.54) is 103 Å². The number of allylic oxidation sites excluding steroid dienone is 4. The van der Waals surface area contributed by atoms with Crippen LogP contribution in [0.2, 0.25) is 0 Å². The zero-order chi connectivity index (χ0) is 41.4. The van der Waals surface area contributed by atoms with Gasteiger partial charge in [-0.3, -0.25) is 14.4 Å². The van der Waals surface area contributed by atoms with Crippen LogP contribution in [0.3, 0.4) is 0 Å². The van der Waals surface area contributed by atoms with Crippen LogP contribution in [-0.2, 0) is 23.9 Å². The van der Waals surface area contributed by atoms with Crippen LogP contribution >= 0.6 is 0 Å². The summed E-state index contributed by atoms with van der Waals surface area (Å²) in [7, 11) is 2.17. The zero-order valence-corrected chi connectivity index (χ0v) is 37.9. The van der Waals surface area contributed by atoms with Crippen LogP contribution in [0.1, 0.15) is 201 Å². The van der Waals surface area contributed by atoms with Gasteiger partial charge in [0.15, 0.2) is 0 Å². The van der Waals surface area contributed by atoms with Crippen molar-refractivity contribution < 1.29 is 23.9 Å². The lowest BCUT2D eigenvalue weighted by Crippen LogP contribution is -2.45. The first kappa shape index (κ1) is 52.8. The maximum Gasteiger partial charge on any atom is 0.309 e. The summed E-state index contributed by atoms with van der Waals surface area (Å²) < 4.78 is 11.2. The molecule has 0 N–H and O–H groups in total. The van der Waals surface area contributed by atoms with Crippen molar-refractivity contribution in [2.75, 3.05) is 66.1 Å². The number of hydrogen-bond acceptors (Lipinski definition) is 7. The number of likely N-dealkylation sites (N-methyl/N-ethyl adjacent to an activating group) is 1. The highest BCUT2D eigenvalue weighted by Crippen LogP contribution is 2.21. The zero-order valence-electron chi connectivity index (χ0n) is 37.9. The molecule has 8 nitrogen and oxygen atoms in total. The van der Waals surface area contributed by atoms with Crippen molar-refractivity contribution in [3.63, 3.8) is 0 Å². The van der Waals surface area contributed by atoms with E-state index in [9.17, 15) is 14.4 Å². The van der Waals surface area contributed by atoms with Gasteiger partial charge in [0, 0.05) is 45.7 Å². The van der Waals surface area contributed by atoms with Gasteiger partial charge in [-0.05, 0) is 71.4 Å². The third-order valence-electron chi connectivity index (χ3n) is 11.5. The van der Waals surface area contributed by atoms with Crippen molar-refractivity contribution in [3.05, 3.63) is 24.3 Å². The summed E-state index contributed by atoms with van der Waals surface area (Å²) in [6.45, 7) is 13.2. The van der Waals surface area contributed by atoms with E-state index in [4.69, 9.17) is 9.47 Å². The van der Waals surface area contributed by atoms with Crippen LogP contribution in [0.15, 0.2) is 24.3 Å². The topological polar surface area (TPSA) is 79.4 Å². The normalized spacial score (nSPS) is 14.0. The second-order valence-electron chi connectivity index (χ2n) is 16.8. The van der Waals surface area contributed by atoms with Crippen LogP contribution in [0.5, 0.6) is 0 Å². The van der Waals surface area contributed by atoms with Crippen LogP contribution < -0.4 is 0 Å². The quantitative estimate of drug-likeness (QED) is 0.0348. The molecular formula is C49H91N3O5. The van der Waals surface area contributed by atoms with E-state index in [0.29, 0.717) is 19.5 Å². The van der Waals surface area contributed by atoms with E-state index in [2.05, 4.69) is 61.9 Å². The van der Waals surface area contributed by atoms with Gasteiger partial charge in [-0.1, -0.05) is 154 Å². The van der Waals surface area contributed by atoms with Crippen LogP contribution in [0.4, 0.5) is 0 Å². The standard InChI is InChI=1S/C49H91N3O5/c1-5-8-11-14-17-18-19-20-21-22-23-24-25-28-31-35-47(53)52(38-32-37-51-42-40-50(4)41-43-51)39-36-48(54)56-44-45-57-49(55)46(33-29-26-15-12-9-6-2)34-30-27-16-13-10-7-3/h17-18,20-21,46H,5-16,19,22-45H2,1-4H3/b18-17-,21-20-. The van der Waals surface area contributed by atoms with Gasteiger partial charge in [0.25, 0.3) is 0 Å². The highest BCUT2D eigenvalue weighted by atomic mass is 16.6. The summed E-state index contributed by atoms with van der Waals surface area (Å²) >= 11 is 0. The van der Waals surface area contributed by atoms with E-state index >= 15 is 0 Å². The molecule has 0 aromatic rings. The second kappa shape index (κ2) is 39.3. The second-order valence-corrected chi connectivity index (χ2v) is 16.8. The highest BCUT2D eigenvalue weighted by Gasteiger charge is 2.21.